The van der Waals surface area contributed by atoms with E-state index in [1.54, 1.807) is 4.68 Å². The zero-order valence-electron chi connectivity index (χ0n) is 10.8. The van der Waals surface area contributed by atoms with E-state index in [0.29, 0.717) is 17.5 Å². The Kier molecular flexibility index (Phi) is 5.41. The zero-order valence-corrected chi connectivity index (χ0v) is 11.6. The van der Waals surface area contributed by atoms with Crippen molar-refractivity contribution in [2.24, 2.45) is 12.8 Å². The molecule has 0 aliphatic rings. The van der Waals surface area contributed by atoms with E-state index in [1.807, 2.05) is 14.0 Å². The largest absolute Gasteiger partial charge is 0.477 e. The number of rotatable bonds is 7. The maximum atomic E-state index is 5.73. The lowest BCUT2D eigenvalue weighted by Crippen LogP contribution is -2.13. The second kappa shape index (κ2) is 6.59. The van der Waals surface area contributed by atoms with Gasteiger partial charge in [-0.2, -0.15) is 5.10 Å². The Bertz CT molecular complexity index is 387. The van der Waals surface area contributed by atoms with Gasteiger partial charge in [0.05, 0.1) is 17.9 Å². The number of nitrogens with zero attached hydrogens (tertiary/aromatic N) is 2. The zero-order chi connectivity index (χ0) is 12.8. The van der Waals surface area contributed by atoms with Crippen molar-refractivity contribution < 1.29 is 4.74 Å². The first-order valence-electron chi connectivity index (χ1n) is 6.04. The highest BCUT2D eigenvalue weighted by Gasteiger charge is 2.16. The van der Waals surface area contributed by atoms with Crippen LogP contribution < -0.4 is 10.5 Å². The van der Waals surface area contributed by atoms with Crippen LogP contribution in [-0.2, 0) is 7.05 Å². The van der Waals surface area contributed by atoms with Gasteiger partial charge in [0.25, 0.3) is 0 Å². The molecule has 1 rings (SSSR count). The standard InChI is InChI=1S/C12H21N3OS/c1-4-5-6-7-8-16-12-10(11(13)17)9(2)14-15(12)3/h4-8H2,1-3H3,(H2,13,17). The van der Waals surface area contributed by atoms with Crippen molar-refractivity contribution in [2.75, 3.05) is 6.61 Å². The Labute approximate surface area is 108 Å². The van der Waals surface area contributed by atoms with E-state index in [0.717, 1.165) is 17.7 Å². The molecule has 0 spiro atoms. The highest BCUT2D eigenvalue weighted by molar-refractivity contribution is 7.80. The summed E-state index contributed by atoms with van der Waals surface area (Å²) in [6.07, 6.45) is 4.71. The van der Waals surface area contributed by atoms with Crippen LogP contribution in [0.25, 0.3) is 0 Å². The monoisotopic (exact) mass is 255 g/mol. The molecule has 0 radical (unpaired) electrons. The van der Waals surface area contributed by atoms with Crippen molar-refractivity contribution in [1.82, 2.24) is 9.78 Å². The first-order chi connectivity index (χ1) is 8.07. The second-order valence-electron chi connectivity index (χ2n) is 4.16. The molecule has 1 aromatic heterocycles. The van der Waals surface area contributed by atoms with Crippen LogP contribution in [0.4, 0.5) is 0 Å². The molecule has 0 unspecified atom stereocenters. The van der Waals surface area contributed by atoms with E-state index in [2.05, 4.69) is 12.0 Å². The molecule has 1 aromatic rings. The fourth-order valence-corrected chi connectivity index (χ4v) is 2.02. The average molecular weight is 255 g/mol. The minimum absolute atomic E-state index is 0.346. The molecule has 0 bridgehead atoms. The molecule has 0 atom stereocenters. The van der Waals surface area contributed by atoms with Gasteiger partial charge in [0.15, 0.2) is 0 Å². The van der Waals surface area contributed by atoms with E-state index in [1.165, 1.54) is 19.3 Å². The molecule has 0 aliphatic heterocycles. The molecule has 4 nitrogen and oxygen atoms in total. The van der Waals surface area contributed by atoms with Gasteiger partial charge in [-0.1, -0.05) is 38.4 Å². The molecule has 17 heavy (non-hydrogen) atoms. The molecule has 0 aromatic carbocycles. The summed E-state index contributed by atoms with van der Waals surface area (Å²) in [5.74, 6) is 0.687. The molecule has 0 aliphatic carbocycles. The number of nitrogens with two attached hydrogens (primary N) is 1. The van der Waals surface area contributed by atoms with Crippen LogP contribution in [0, 0.1) is 6.92 Å². The lowest BCUT2D eigenvalue weighted by atomic mass is 10.2. The van der Waals surface area contributed by atoms with Crippen LogP contribution in [0.5, 0.6) is 5.88 Å². The van der Waals surface area contributed by atoms with Gasteiger partial charge >= 0.3 is 0 Å². The maximum absolute atomic E-state index is 5.73. The van der Waals surface area contributed by atoms with Crippen LogP contribution in [0.3, 0.4) is 0 Å². The predicted molar refractivity (Wildman–Crippen MR) is 73.5 cm³/mol. The molecule has 0 saturated carbocycles. The molecule has 96 valence electrons. The highest BCUT2D eigenvalue weighted by atomic mass is 32.1. The lowest BCUT2D eigenvalue weighted by molar-refractivity contribution is 0.279. The molecular weight excluding hydrogens is 234 g/mol. The summed E-state index contributed by atoms with van der Waals surface area (Å²) in [6, 6.07) is 0. The summed E-state index contributed by atoms with van der Waals surface area (Å²) in [5.41, 5.74) is 7.26. The van der Waals surface area contributed by atoms with Crippen LogP contribution in [-0.4, -0.2) is 21.4 Å². The topological polar surface area (TPSA) is 53.1 Å². The number of aryl methyl sites for hydroxylation is 2. The molecule has 2 N–H and O–H groups in total. The molecular formula is C12H21N3OS. The molecule has 5 heteroatoms. The minimum Gasteiger partial charge on any atom is -0.477 e. The Hall–Kier alpha value is -1.10. The Balaban J connectivity index is 2.61. The quantitative estimate of drug-likeness (QED) is 0.600. The number of hydrogen-bond acceptors (Lipinski definition) is 3. The van der Waals surface area contributed by atoms with E-state index in [9.17, 15) is 0 Å². The maximum Gasteiger partial charge on any atom is 0.222 e. The van der Waals surface area contributed by atoms with Crippen LogP contribution in [0.15, 0.2) is 0 Å². The Morgan fingerprint density at radius 2 is 2.12 bits per heavy atom. The van der Waals surface area contributed by atoms with Gasteiger partial charge in [0.2, 0.25) is 5.88 Å². The number of ether oxygens (including phenoxy) is 1. The predicted octanol–water partition coefficient (Wildman–Crippen LogP) is 2.32. The van der Waals surface area contributed by atoms with E-state index < -0.39 is 0 Å². The summed E-state index contributed by atoms with van der Waals surface area (Å²) >= 11 is 5.02. The van der Waals surface area contributed by atoms with Gasteiger partial charge < -0.3 is 10.5 Å². The van der Waals surface area contributed by atoms with Crippen molar-refractivity contribution in [2.45, 2.75) is 39.5 Å². The Morgan fingerprint density at radius 1 is 1.41 bits per heavy atom. The molecule has 1 heterocycles. The van der Waals surface area contributed by atoms with Crippen molar-refractivity contribution in [3.8, 4) is 5.88 Å². The average Bonchev–Trinajstić information content (AvgIpc) is 2.53. The van der Waals surface area contributed by atoms with E-state index >= 15 is 0 Å². The summed E-state index contributed by atoms with van der Waals surface area (Å²) < 4.78 is 7.43. The van der Waals surface area contributed by atoms with Crippen molar-refractivity contribution in [3.63, 3.8) is 0 Å². The summed E-state index contributed by atoms with van der Waals surface area (Å²) in [5, 5.41) is 4.27. The second-order valence-corrected chi connectivity index (χ2v) is 4.60. The molecule has 0 amide bonds. The first-order valence-corrected chi connectivity index (χ1v) is 6.45. The van der Waals surface area contributed by atoms with E-state index in [-0.39, 0.29) is 0 Å². The fraction of sp³-hybridized carbons (Fsp3) is 0.667. The van der Waals surface area contributed by atoms with Crippen molar-refractivity contribution >= 4 is 17.2 Å². The summed E-state index contributed by atoms with van der Waals surface area (Å²) in [4.78, 5) is 0.346. The highest BCUT2D eigenvalue weighted by Crippen LogP contribution is 2.21. The first kappa shape index (κ1) is 14.0. The summed E-state index contributed by atoms with van der Waals surface area (Å²) in [7, 11) is 1.84. The van der Waals surface area contributed by atoms with Gasteiger partial charge in [-0.3, -0.25) is 0 Å². The SMILES string of the molecule is CCCCCCOc1c(C(N)=S)c(C)nn1C. The third-order valence-electron chi connectivity index (χ3n) is 2.65. The number of thiocarbonyl (C=S) groups is 1. The lowest BCUT2D eigenvalue weighted by Gasteiger charge is -2.08. The third kappa shape index (κ3) is 3.70. The van der Waals surface area contributed by atoms with Crippen molar-refractivity contribution in [3.05, 3.63) is 11.3 Å². The van der Waals surface area contributed by atoms with Crippen molar-refractivity contribution in [1.29, 1.82) is 0 Å². The van der Waals surface area contributed by atoms with Gasteiger partial charge in [0, 0.05) is 7.05 Å². The fourth-order valence-electron chi connectivity index (χ4n) is 1.78. The van der Waals surface area contributed by atoms with Crippen LogP contribution in [0.1, 0.15) is 43.9 Å². The molecule has 0 saturated heterocycles. The van der Waals surface area contributed by atoms with Crippen LogP contribution in [0.2, 0.25) is 0 Å². The van der Waals surface area contributed by atoms with E-state index in [4.69, 9.17) is 22.7 Å². The smallest absolute Gasteiger partial charge is 0.222 e. The molecule has 0 fully saturated rings. The number of unbranched alkanes of at least 4 members (excludes halogenated alkanes) is 3. The van der Waals surface area contributed by atoms with Crippen LogP contribution >= 0.6 is 12.2 Å². The van der Waals surface area contributed by atoms with Gasteiger partial charge in [-0.05, 0) is 13.3 Å². The summed E-state index contributed by atoms with van der Waals surface area (Å²) in [6.45, 7) is 4.77. The minimum atomic E-state index is 0.346. The number of hydrogen-bond donors (Lipinski definition) is 1. The Morgan fingerprint density at radius 3 is 2.71 bits per heavy atom. The normalized spacial score (nSPS) is 10.5. The van der Waals surface area contributed by atoms with Gasteiger partial charge in [0.1, 0.15) is 4.99 Å². The third-order valence-corrected chi connectivity index (χ3v) is 2.86. The van der Waals surface area contributed by atoms with Gasteiger partial charge in [-0.15, -0.1) is 0 Å². The van der Waals surface area contributed by atoms with Gasteiger partial charge in [-0.25, -0.2) is 4.68 Å². The number of aromatic nitrogens is 2.